The minimum atomic E-state index is -2.78. The molecule has 0 aliphatic rings. The van der Waals surface area contributed by atoms with E-state index in [1.807, 2.05) is 0 Å². The number of hydrogen-bond acceptors (Lipinski definition) is 4. The summed E-state index contributed by atoms with van der Waals surface area (Å²) in [5.74, 6) is 0.360. The van der Waals surface area contributed by atoms with Crippen molar-refractivity contribution in [1.82, 2.24) is 0 Å². The second-order valence-electron chi connectivity index (χ2n) is 2.60. The van der Waals surface area contributed by atoms with E-state index in [2.05, 4.69) is 22.6 Å². The fourth-order valence-corrected chi connectivity index (χ4v) is 2.84. The van der Waals surface area contributed by atoms with Crippen molar-refractivity contribution in [3.05, 3.63) is 25.7 Å². The summed E-state index contributed by atoms with van der Waals surface area (Å²) in [5, 5.41) is 0.950. The van der Waals surface area contributed by atoms with E-state index in [1.165, 1.54) is 14.2 Å². The van der Waals surface area contributed by atoms with Crippen molar-refractivity contribution in [3.63, 3.8) is 0 Å². The number of benzene rings is 1. The maximum Gasteiger partial charge on any atom is 3.00 e. The third kappa shape index (κ3) is 10.8. The molecule has 0 bridgehead atoms. The van der Waals surface area contributed by atoms with Crippen molar-refractivity contribution < 1.29 is 30.0 Å². The van der Waals surface area contributed by atoms with Gasteiger partial charge >= 0.3 is 55.6 Å². The molecule has 1 rings (SSSR count). The van der Waals surface area contributed by atoms with Crippen LogP contribution in [0.15, 0.2) is 12.1 Å². The first-order valence-electron chi connectivity index (χ1n) is 3.97. The molecule has 1 aromatic carbocycles. The zero-order chi connectivity index (χ0) is 12.3. The summed E-state index contributed by atoms with van der Waals surface area (Å²) in [7, 11) is 2.85. The van der Waals surface area contributed by atoms with E-state index in [0.717, 1.165) is 3.57 Å². The van der Waals surface area contributed by atoms with Crippen LogP contribution < -0.4 is 4.52 Å². The van der Waals surface area contributed by atoms with E-state index >= 15 is 0 Å². The average Bonchev–Trinajstić information content (AvgIpc) is 2.25. The Bertz CT molecular complexity index is 451. The first kappa shape index (κ1) is 34.7. The predicted octanol–water partition coefficient (Wildman–Crippen LogP) is 3.38. The van der Waals surface area contributed by atoms with Crippen LogP contribution >= 0.6 is 52.5 Å². The largest absolute Gasteiger partial charge is 3.00 e. The third-order valence-electron chi connectivity index (χ3n) is 1.63. The minimum Gasteiger partial charge on any atom is -2.00 e. The van der Waals surface area contributed by atoms with E-state index in [0.29, 0.717) is 15.8 Å². The molecule has 118 valence electrons. The molecule has 0 saturated heterocycles. The van der Waals surface area contributed by atoms with E-state index in [4.69, 9.17) is 48.6 Å². The molecule has 6 nitrogen and oxygen atoms in total. The predicted molar refractivity (Wildman–Crippen MR) is 91.7 cm³/mol. The van der Waals surface area contributed by atoms with Gasteiger partial charge in [-0.2, -0.15) is 0 Å². The smallest absolute Gasteiger partial charge is 2.00 e. The number of halogens is 3. The van der Waals surface area contributed by atoms with Crippen LogP contribution in [-0.2, 0) is 37.3 Å². The molecule has 0 aromatic heterocycles. The Morgan fingerprint density at radius 2 is 1.43 bits per heavy atom. The minimum absolute atomic E-state index is 0. The normalized spacial score (nSPS) is 8.81. The Hall–Kier alpha value is 2.42. The quantitative estimate of drug-likeness (QED) is 0.207. The SMILES string of the molecule is COP(=S)(OC)Oc1cc(Cl)c(I)cc1Cl.[O-2].[O-2].[O-2].[Sb+3].[Sb+3]. The number of hydrogen-bond donors (Lipinski definition) is 0. The topological polar surface area (TPSA) is 113 Å². The van der Waals surface area contributed by atoms with Crippen LogP contribution in [0.2, 0.25) is 10.0 Å². The Kier molecular flexibility index (Phi) is 26.3. The molecule has 0 aliphatic heterocycles. The van der Waals surface area contributed by atoms with Gasteiger partial charge in [-0.25, -0.2) is 0 Å². The summed E-state index contributed by atoms with van der Waals surface area (Å²) < 4.78 is 16.2. The molecule has 0 heterocycles. The maximum atomic E-state index is 5.99. The van der Waals surface area contributed by atoms with Crippen molar-refractivity contribution in [2.75, 3.05) is 14.2 Å². The molecule has 0 N–H and O–H groups in total. The van der Waals surface area contributed by atoms with E-state index in [-0.39, 0.29) is 65.3 Å². The van der Waals surface area contributed by atoms with Crippen molar-refractivity contribution in [2.24, 2.45) is 0 Å². The summed E-state index contributed by atoms with van der Waals surface area (Å²) in [4.78, 5) is 0. The summed E-state index contributed by atoms with van der Waals surface area (Å²) in [6.07, 6.45) is 0. The van der Waals surface area contributed by atoms with Gasteiger partial charge in [0.1, 0.15) is 5.75 Å². The molecule has 1 aromatic rings. The average molecular weight is 705 g/mol. The molecule has 0 unspecified atom stereocenters. The van der Waals surface area contributed by atoms with Gasteiger partial charge in [0.15, 0.2) is 0 Å². The van der Waals surface area contributed by atoms with Crippen LogP contribution in [0.1, 0.15) is 0 Å². The summed E-state index contributed by atoms with van der Waals surface area (Å²) in [6.45, 7) is -2.78. The first-order valence-corrected chi connectivity index (χ1v) is 8.36. The van der Waals surface area contributed by atoms with Gasteiger partial charge in [-0.15, -0.1) is 0 Å². The van der Waals surface area contributed by atoms with Gasteiger partial charge in [0.25, 0.3) is 0 Å². The van der Waals surface area contributed by atoms with Gasteiger partial charge in [0.2, 0.25) is 0 Å². The second kappa shape index (κ2) is 15.9. The standard InChI is InChI=1S/C8H8Cl2IO3PS.3O.2Sb/c1-12-15(16,13-2)14-8-4-5(9)7(11)3-6(8)10;;;;;/h3-4H,1-2H3;;;;;/q;3*-2;2*+3. The Balaban J connectivity index is -0.000000171. The molecule has 0 saturated carbocycles. The zero-order valence-electron chi connectivity index (χ0n) is 10.5. The monoisotopic (exact) mass is 702 g/mol. The maximum absolute atomic E-state index is 5.99. The van der Waals surface area contributed by atoms with Gasteiger partial charge in [0.05, 0.1) is 10.0 Å². The van der Waals surface area contributed by atoms with Gasteiger partial charge in [-0.3, -0.25) is 0 Å². The van der Waals surface area contributed by atoms with Crippen molar-refractivity contribution in [1.29, 1.82) is 0 Å². The van der Waals surface area contributed by atoms with Crippen LogP contribution in [-0.4, -0.2) is 63.1 Å². The van der Waals surface area contributed by atoms with Gasteiger partial charge in [0, 0.05) is 35.7 Å². The van der Waals surface area contributed by atoms with Crippen LogP contribution in [0.5, 0.6) is 5.75 Å². The fraction of sp³-hybridized carbons (Fsp3) is 0.250. The Labute approximate surface area is 186 Å². The molecule has 0 atom stereocenters. The van der Waals surface area contributed by atoms with Crippen LogP contribution in [0.25, 0.3) is 0 Å². The van der Waals surface area contributed by atoms with Gasteiger partial charge < -0.3 is 30.0 Å². The molecule has 13 heteroatoms. The third-order valence-corrected chi connectivity index (χ3v) is 5.88. The van der Waals surface area contributed by atoms with Crippen molar-refractivity contribution in [2.45, 2.75) is 0 Å². The molecule has 0 spiro atoms. The number of rotatable bonds is 4. The van der Waals surface area contributed by atoms with E-state index in [9.17, 15) is 0 Å². The van der Waals surface area contributed by atoms with Crippen molar-refractivity contribution in [3.8, 4) is 5.75 Å². The van der Waals surface area contributed by atoms with Gasteiger partial charge in [-0.1, -0.05) is 23.2 Å². The summed E-state index contributed by atoms with van der Waals surface area (Å²) >= 11 is 19.1. The molecular formula is C8H8Cl2IO6PSSb2. The molecule has 0 aliphatic carbocycles. The molecular weight excluding hydrogens is 696 g/mol. The van der Waals surface area contributed by atoms with E-state index < -0.39 is 6.72 Å². The van der Waals surface area contributed by atoms with E-state index in [1.54, 1.807) is 12.1 Å². The second-order valence-corrected chi connectivity index (χ2v) is 7.73. The Morgan fingerprint density at radius 1 is 1.00 bits per heavy atom. The van der Waals surface area contributed by atoms with Gasteiger partial charge in [-0.05, 0) is 28.7 Å². The summed E-state index contributed by atoms with van der Waals surface area (Å²) in [6, 6.07) is 3.27. The van der Waals surface area contributed by atoms with Crippen molar-refractivity contribution >= 4 is 113 Å². The molecule has 0 fully saturated rings. The molecule has 4 radical (unpaired) electrons. The van der Waals surface area contributed by atoms with Crippen LogP contribution in [0.3, 0.4) is 0 Å². The Morgan fingerprint density at radius 3 is 1.81 bits per heavy atom. The zero-order valence-corrected chi connectivity index (χ0v) is 21.0. The molecule has 21 heavy (non-hydrogen) atoms. The first-order chi connectivity index (χ1) is 7.41. The van der Waals surface area contributed by atoms with Crippen LogP contribution in [0.4, 0.5) is 0 Å². The van der Waals surface area contributed by atoms with Crippen LogP contribution in [0, 0.1) is 3.57 Å². The summed E-state index contributed by atoms with van der Waals surface area (Å²) in [5.41, 5.74) is 0. The molecule has 0 amide bonds. The fourth-order valence-electron chi connectivity index (χ4n) is 0.844.